The number of alkyl halides is 3. The summed E-state index contributed by atoms with van der Waals surface area (Å²) in [6.07, 6.45) is -3.01. The normalized spacial score (nSPS) is 12.0. The van der Waals surface area contributed by atoms with Crippen molar-refractivity contribution < 1.29 is 17.6 Å². The van der Waals surface area contributed by atoms with Gasteiger partial charge in [0.25, 0.3) is 0 Å². The van der Waals surface area contributed by atoms with E-state index in [9.17, 15) is 13.2 Å². The van der Waals surface area contributed by atoms with E-state index in [1.165, 1.54) is 0 Å². The summed E-state index contributed by atoms with van der Waals surface area (Å²) in [6, 6.07) is 3.64. The summed E-state index contributed by atoms with van der Waals surface area (Å²) in [7, 11) is 0. The second-order valence-corrected chi connectivity index (χ2v) is 5.92. The second-order valence-electron chi connectivity index (χ2n) is 5.92. The van der Waals surface area contributed by atoms with Crippen molar-refractivity contribution in [1.29, 1.82) is 5.26 Å². The van der Waals surface area contributed by atoms with Gasteiger partial charge < -0.3 is 9.73 Å². The molecule has 0 atom stereocenters. The van der Waals surface area contributed by atoms with Crippen LogP contribution in [0.4, 0.5) is 19.0 Å². The van der Waals surface area contributed by atoms with Gasteiger partial charge in [-0.1, -0.05) is 20.8 Å². The summed E-state index contributed by atoms with van der Waals surface area (Å²) in [6.45, 7) is 5.88. The van der Waals surface area contributed by atoms with Gasteiger partial charge in [0.2, 0.25) is 5.89 Å². The molecule has 0 radical (unpaired) electrons. The van der Waals surface area contributed by atoms with E-state index in [1.807, 2.05) is 20.8 Å². The first-order valence-electron chi connectivity index (χ1n) is 6.78. The van der Waals surface area contributed by atoms with Gasteiger partial charge in [0, 0.05) is 5.41 Å². The van der Waals surface area contributed by atoms with E-state index in [0.29, 0.717) is 11.7 Å². The molecular weight excluding hydrogens is 309 g/mol. The van der Waals surface area contributed by atoms with E-state index < -0.39 is 11.9 Å². The minimum Gasteiger partial charge on any atom is -0.443 e. The van der Waals surface area contributed by atoms with E-state index in [2.05, 4.69) is 15.3 Å². The Kier molecular flexibility index (Phi) is 4.32. The Morgan fingerprint density at radius 2 is 1.96 bits per heavy atom. The van der Waals surface area contributed by atoms with Crippen LogP contribution in [0.1, 0.15) is 43.7 Å². The van der Waals surface area contributed by atoms with Crippen molar-refractivity contribution in [2.75, 3.05) is 5.32 Å². The molecule has 0 saturated carbocycles. The minimum absolute atomic E-state index is 0.0144. The zero-order chi connectivity index (χ0) is 17.3. The molecule has 0 aromatic carbocycles. The lowest BCUT2D eigenvalue weighted by molar-refractivity contribution is -0.141. The number of hydrogen-bond acceptors (Lipinski definition) is 5. The summed E-state index contributed by atoms with van der Waals surface area (Å²) in [5.41, 5.74) is -1.28. The average Bonchev–Trinajstić information content (AvgIpc) is 2.92. The highest BCUT2D eigenvalue weighted by Crippen LogP contribution is 2.29. The maximum Gasteiger partial charge on any atom is 0.433 e. The quantitative estimate of drug-likeness (QED) is 0.927. The molecule has 0 aliphatic heterocycles. The van der Waals surface area contributed by atoms with Crippen LogP contribution in [-0.2, 0) is 18.1 Å². The number of nitrogens with zero attached hydrogens (tertiary/aromatic N) is 3. The molecule has 2 aromatic heterocycles. The van der Waals surface area contributed by atoms with Crippen LogP contribution >= 0.6 is 0 Å². The second kappa shape index (κ2) is 5.91. The number of rotatable bonds is 3. The number of halogens is 3. The van der Waals surface area contributed by atoms with Crippen LogP contribution in [0.5, 0.6) is 0 Å². The number of nitrogens with one attached hydrogen (secondary N) is 1. The van der Waals surface area contributed by atoms with Gasteiger partial charge in [-0.3, -0.25) is 0 Å². The predicted octanol–water partition coefficient (Wildman–Crippen LogP) is 3.87. The van der Waals surface area contributed by atoms with Crippen LogP contribution in [0.25, 0.3) is 0 Å². The number of pyridine rings is 1. The molecule has 5 nitrogen and oxygen atoms in total. The lowest BCUT2D eigenvalue weighted by Gasteiger charge is -2.13. The van der Waals surface area contributed by atoms with Gasteiger partial charge in [-0.05, 0) is 12.1 Å². The summed E-state index contributed by atoms with van der Waals surface area (Å²) >= 11 is 0. The van der Waals surface area contributed by atoms with Crippen LogP contribution < -0.4 is 5.32 Å². The van der Waals surface area contributed by atoms with Crippen LogP contribution in [0.3, 0.4) is 0 Å². The largest absolute Gasteiger partial charge is 0.443 e. The Morgan fingerprint density at radius 1 is 1.26 bits per heavy atom. The van der Waals surface area contributed by atoms with Crippen molar-refractivity contribution in [2.24, 2.45) is 0 Å². The third kappa shape index (κ3) is 4.00. The van der Waals surface area contributed by atoms with E-state index in [0.717, 1.165) is 12.1 Å². The summed E-state index contributed by atoms with van der Waals surface area (Å²) in [5, 5.41) is 11.6. The Labute approximate surface area is 131 Å². The Balaban J connectivity index is 2.20. The van der Waals surface area contributed by atoms with Crippen LogP contribution in [0.15, 0.2) is 22.7 Å². The molecule has 0 saturated heterocycles. The molecule has 1 N–H and O–H groups in total. The Morgan fingerprint density at radius 3 is 2.48 bits per heavy atom. The van der Waals surface area contributed by atoms with Crippen LogP contribution in [0, 0.1) is 11.3 Å². The molecule has 122 valence electrons. The fraction of sp³-hybridized carbons (Fsp3) is 0.400. The number of hydrogen-bond donors (Lipinski definition) is 1. The van der Waals surface area contributed by atoms with Gasteiger partial charge >= 0.3 is 6.18 Å². The first-order chi connectivity index (χ1) is 10.6. The molecule has 0 bridgehead atoms. The zero-order valence-electron chi connectivity index (χ0n) is 12.8. The van der Waals surface area contributed by atoms with Crippen molar-refractivity contribution in [1.82, 2.24) is 9.97 Å². The molecule has 0 amide bonds. The standard InChI is InChI=1S/C15H15F3N4O/c1-14(2,3)11-7-20-12(23-11)8-21-13-9(6-19)4-5-10(22-13)15(16,17)18/h4-5,7H,8H2,1-3H3,(H,21,22). The molecule has 0 fully saturated rings. The first kappa shape index (κ1) is 16.8. The summed E-state index contributed by atoms with van der Waals surface area (Å²) in [4.78, 5) is 7.52. The van der Waals surface area contributed by atoms with Crippen molar-refractivity contribution in [3.05, 3.63) is 41.2 Å². The molecule has 0 spiro atoms. The van der Waals surface area contributed by atoms with Gasteiger partial charge in [-0.15, -0.1) is 0 Å². The first-order valence-corrected chi connectivity index (χ1v) is 6.78. The summed E-state index contributed by atoms with van der Waals surface area (Å²) in [5.74, 6) is 0.808. The molecule has 23 heavy (non-hydrogen) atoms. The fourth-order valence-electron chi connectivity index (χ4n) is 1.74. The molecule has 2 aromatic rings. The molecule has 2 heterocycles. The SMILES string of the molecule is CC(C)(C)c1cnc(CNc2nc(C(F)(F)F)ccc2C#N)o1. The van der Waals surface area contributed by atoms with E-state index in [-0.39, 0.29) is 23.3 Å². The Bertz CT molecular complexity index is 738. The molecule has 2 rings (SSSR count). The predicted molar refractivity (Wildman–Crippen MR) is 76.5 cm³/mol. The number of aromatic nitrogens is 2. The van der Waals surface area contributed by atoms with Gasteiger partial charge in [0.05, 0.1) is 18.3 Å². The smallest absolute Gasteiger partial charge is 0.433 e. The van der Waals surface area contributed by atoms with Gasteiger partial charge in [0.1, 0.15) is 23.3 Å². The van der Waals surface area contributed by atoms with Gasteiger partial charge in [0.15, 0.2) is 0 Å². The molecule has 0 unspecified atom stereocenters. The molecule has 8 heteroatoms. The van der Waals surface area contributed by atoms with Crippen molar-refractivity contribution in [3.63, 3.8) is 0 Å². The highest BCUT2D eigenvalue weighted by atomic mass is 19.4. The van der Waals surface area contributed by atoms with Crippen LogP contribution in [-0.4, -0.2) is 9.97 Å². The van der Waals surface area contributed by atoms with Crippen molar-refractivity contribution >= 4 is 5.82 Å². The van der Waals surface area contributed by atoms with E-state index in [4.69, 9.17) is 9.68 Å². The third-order valence-corrected chi connectivity index (χ3v) is 3.01. The fourth-order valence-corrected chi connectivity index (χ4v) is 1.74. The summed E-state index contributed by atoms with van der Waals surface area (Å²) < 4.78 is 43.6. The topological polar surface area (TPSA) is 74.7 Å². The highest BCUT2D eigenvalue weighted by Gasteiger charge is 2.33. The van der Waals surface area contributed by atoms with E-state index >= 15 is 0 Å². The number of anilines is 1. The number of oxazole rings is 1. The van der Waals surface area contributed by atoms with Gasteiger partial charge in [-0.25, -0.2) is 9.97 Å². The molecule has 0 aliphatic carbocycles. The zero-order valence-corrected chi connectivity index (χ0v) is 12.8. The number of nitriles is 1. The van der Waals surface area contributed by atoms with E-state index in [1.54, 1.807) is 12.3 Å². The van der Waals surface area contributed by atoms with Gasteiger partial charge in [-0.2, -0.15) is 18.4 Å². The molecule has 0 aliphatic rings. The average molecular weight is 324 g/mol. The minimum atomic E-state index is -4.58. The lowest BCUT2D eigenvalue weighted by atomic mass is 9.94. The van der Waals surface area contributed by atoms with Crippen molar-refractivity contribution in [3.8, 4) is 6.07 Å². The maximum atomic E-state index is 12.7. The Hall–Kier alpha value is -2.56. The van der Waals surface area contributed by atoms with Crippen molar-refractivity contribution in [2.45, 2.75) is 38.9 Å². The third-order valence-electron chi connectivity index (χ3n) is 3.01. The monoisotopic (exact) mass is 324 g/mol. The highest BCUT2D eigenvalue weighted by molar-refractivity contribution is 5.52. The maximum absolute atomic E-state index is 12.7. The lowest BCUT2D eigenvalue weighted by Crippen LogP contribution is -2.12. The van der Waals surface area contributed by atoms with Crippen LogP contribution in [0.2, 0.25) is 0 Å². The molecular formula is C15H15F3N4O.